The lowest BCUT2D eigenvalue weighted by molar-refractivity contribution is 0.0953. The van der Waals surface area contributed by atoms with E-state index in [1.807, 2.05) is 19.9 Å². The number of nitrogens with one attached hydrogen (secondary N) is 1. The Bertz CT molecular complexity index is 999. The maximum Gasteiger partial charge on any atom is 0.251 e. The summed E-state index contributed by atoms with van der Waals surface area (Å²) in [7, 11) is 0. The van der Waals surface area contributed by atoms with Crippen LogP contribution in [0.4, 0.5) is 0 Å². The van der Waals surface area contributed by atoms with Crippen LogP contribution in [0, 0.1) is 13.8 Å². The van der Waals surface area contributed by atoms with Crippen molar-refractivity contribution in [3.8, 4) is 22.8 Å². The number of carbonyl (C=O) groups is 1. The van der Waals surface area contributed by atoms with Crippen molar-refractivity contribution >= 4 is 5.91 Å². The van der Waals surface area contributed by atoms with Crippen LogP contribution in [0.5, 0.6) is 11.5 Å². The highest BCUT2D eigenvalue weighted by atomic mass is 16.7. The maximum atomic E-state index is 12.4. The van der Waals surface area contributed by atoms with Gasteiger partial charge in [0.2, 0.25) is 6.79 Å². The molecular weight excluding hydrogens is 348 g/mol. The molecule has 0 atom stereocenters. The Balaban J connectivity index is 1.44. The van der Waals surface area contributed by atoms with Gasteiger partial charge in [-0.25, -0.2) is 9.97 Å². The van der Waals surface area contributed by atoms with Gasteiger partial charge in [-0.3, -0.25) is 4.79 Å². The third-order valence-electron chi connectivity index (χ3n) is 4.16. The third kappa shape index (κ3) is 3.59. The highest BCUT2D eigenvalue weighted by molar-refractivity contribution is 5.94. The zero-order valence-electron chi connectivity index (χ0n) is 15.0. The summed E-state index contributed by atoms with van der Waals surface area (Å²) in [6, 6.07) is 6.95. The summed E-state index contributed by atoms with van der Waals surface area (Å²) >= 11 is 0. The lowest BCUT2D eigenvalue weighted by atomic mass is 10.1. The molecule has 0 bridgehead atoms. The van der Waals surface area contributed by atoms with Crippen molar-refractivity contribution in [2.24, 2.45) is 0 Å². The summed E-state index contributed by atoms with van der Waals surface area (Å²) in [5, 5.41) is 6.81. The monoisotopic (exact) mass is 366 g/mol. The Morgan fingerprint density at radius 1 is 1.19 bits per heavy atom. The number of carbonyl (C=O) groups excluding carboxylic acids is 1. The molecule has 3 aromatic rings. The van der Waals surface area contributed by atoms with E-state index >= 15 is 0 Å². The first kappa shape index (κ1) is 17.0. The molecule has 8 nitrogen and oxygen atoms in total. The van der Waals surface area contributed by atoms with Crippen LogP contribution in [-0.4, -0.2) is 34.4 Å². The minimum Gasteiger partial charge on any atom is -0.454 e. The van der Waals surface area contributed by atoms with Gasteiger partial charge in [-0.15, -0.1) is 0 Å². The van der Waals surface area contributed by atoms with Crippen LogP contribution in [0.2, 0.25) is 0 Å². The molecule has 8 heteroatoms. The smallest absolute Gasteiger partial charge is 0.251 e. The van der Waals surface area contributed by atoms with Crippen molar-refractivity contribution in [2.75, 3.05) is 13.3 Å². The fourth-order valence-electron chi connectivity index (χ4n) is 2.84. The molecule has 1 N–H and O–H groups in total. The van der Waals surface area contributed by atoms with Gasteiger partial charge in [-0.1, -0.05) is 5.16 Å². The summed E-state index contributed by atoms with van der Waals surface area (Å²) < 4.78 is 15.9. The Hall–Kier alpha value is -3.42. The van der Waals surface area contributed by atoms with Gasteiger partial charge in [0, 0.05) is 30.8 Å². The quantitative estimate of drug-likeness (QED) is 0.740. The van der Waals surface area contributed by atoms with Gasteiger partial charge in [-0.2, -0.15) is 0 Å². The fraction of sp³-hybridized carbons (Fsp3) is 0.263. The van der Waals surface area contributed by atoms with Crippen molar-refractivity contribution in [2.45, 2.75) is 20.3 Å². The van der Waals surface area contributed by atoms with Crippen LogP contribution in [0.15, 0.2) is 35.0 Å². The van der Waals surface area contributed by atoms with Gasteiger partial charge in [0.15, 0.2) is 17.3 Å². The van der Waals surface area contributed by atoms with E-state index in [-0.39, 0.29) is 12.7 Å². The average molecular weight is 366 g/mol. The molecule has 0 spiro atoms. The largest absolute Gasteiger partial charge is 0.454 e. The van der Waals surface area contributed by atoms with E-state index in [2.05, 4.69) is 20.4 Å². The molecule has 1 amide bonds. The molecule has 0 unspecified atom stereocenters. The SMILES string of the molecule is Cc1cc(-c2cnc(C)nc2CCNC(=O)c2ccc3c(c2)OCO3)on1. The van der Waals surface area contributed by atoms with Gasteiger partial charge in [0.25, 0.3) is 5.91 Å². The first-order chi connectivity index (χ1) is 13.1. The highest BCUT2D eigenvalue weighted by Gasteiger charge is 2.17. The van der Waals surface area contributed by atoms with E-state index in [9.17, 15) is 4.79 Å². The molecule has 2 aromatic heterocycles. The van der Waals surface area contributed by atoms with E-state index < -0.39 is 0 Å². The van der Waals surface area contributed by atoms with Gasteiger partial charge in [-0.05, 0) is 32.0 Å². The number of hydrogen-bond donors (Lipinski definition) is 1. The molecule has 1 aromatic carbocycles. The fourth-order valence-corrected chi connectivity index (χ4v) is 2.84. The predicted octanol–water partition coefficient (Wildman–Crippen LogP) is 2.45. The van der Waals surface area contributed by atoms with E-state index in [1.54, 1.807) is 24.4 Å². The highest BCUT2D eigenvalue weighted by Crippen LogP contribution is 2.32. The molecule has 0 aliphatic carbocycles. The molecule has 1 aliphatic rings. The molecular formula is C19H18N4O4. The van der Waals surface area contributed by atoms with Crippen molar-refractivity contribution < 1.29 is 18.8 Å². The summed E-state index contributed by atoms with van der Waals surface area (Å²) in [5.74, 6) is 2.32. The molecule has 0 radical (unpaired) electrons. The van der Waals surface area contributed by atoms with Crippen LogP contribution in [0.25, 0.3) is 11.3 Å². The summed E-state index contributed by atoms with van der Waals surface area (Å²) in [6.07, 6.45) is 2.26. The summed E-state index contributed by atoms with van der Waals surface area (Å²) in [5.41, 5.74) is 2.88. The van der Waals surface area contributed by atoms with Crippen molar-refractivity contribution in [3.63, 3.8) is 0 Å². The van der Waals surface area contributed by atoms with Crippen molar-refractivity contribution in [1.29, 1.82) is 0 Å². The van der Waals surface area contributed by atoms with E-state index in [0.29, 0.717) is 41.6 Å². The number of hydrogen-bond acceptors (Lipinski definition) is 7. The molecule has 138 valence electrons. The topological polar surface area (TPSA) is 99.4 Å². The Kier molecular flexibility index (Phi) is 4.45. The second-order valence-electron chi connectivity index (χ2n) is 6.18. The van der Waals surface area contributed by atoms with E-state index in [4.69, 9.17) is 14.0 Å². The van der Waals surface area contributed by atoms with E-state index in [1.165, 1.54) is 0 Å². The zero-order chi connectivity index (χ0) is 18.8. The first-order valence-electron chi connectivity index (χ1n) is 8.54. The van der Waals surface area contributed by atoms with E-state index in [0.717, 1.165) is 17.0 Å². The lowest BCUT2D eigenvalue weighted by Gasteiger charge is -2.09. The standard InChI is InChI=1S/C19H18N4O4/c1-11-7-17(27-23-11)14-9-21-12(2)22-15(14)5-6-20-19(24)13-3-4-16-18(8-13)26-10-25-16/h3-4,7-9H,5-6,10H2,1-2H3,(H,20,24). The van der Waals surface area contributed by atoms with Crippen LogP contribution >= 0.6 is 0 Å². The molecule has 0 fully saturated rings. The Morgan fingerprint density at radius 2 is 2.04 bits per heavy atom. The number of amides is 1. The molecule has 0 saturated heterocycles. The number of benzene rings is 1. The minimum absolute atomic E-state index is 0.178. The molecule has 3 heterocycles. The number of ether oxygens (including phenoxy) is 2. The van der Waals surface area contributed by atoms with Crippen LogP contribution in [-0.2, 0) is 6.42 Å². The first-order valence-corrected chi connectivity index (χ1v) is 8.54. The van der Waals surface area contributed by atoms with Gasteiger partial charge >= 0.3 is 0 Å². The average Bonchev–Trinajstić information content (AvgIpc) is 3.30. The molecule has 0 saturated carbocycles. The second kappa shape index (κ2) is 7.06. The molecule has 4 rings (SSSR count). The number of fused-ring (bicyclic) bond motifs is 1. The number of aryl methyl sites for hydroxylation is 2. The number of aromatic nitrogens is 3. The lowest BCUT2D eigenvalue weighted by Crippen LogP contribution is -2.26. The van der Waals surface area contributed by atoms with Crippen molar-refractivity contribution in [1.82, 2.24) is 20.4 Å². The molecule has 27 heavy (non-hydrogen) atoms. The summed E-state index contributed by atoms with van der Waals surface area (Å²) in [6.45, 7) is 4.28. The van der Waals surface area contributed by atoms with Crippen LogP contribution < -0.4 is 14.8 Å². The normalized spacial score (nSPS) is 12.2. The van der Waals surface area contributed by atoms with Gasteiger partial charge in [0.1, 0.15) is 5.82 Å². The molecule has 1 aliphatic heterocycles. The Labute approximate surface area is 155 Å². The zero-order valence-corrected chi connectivity index (χ0v) is 15.0. The van der Waals surface area contributed by atoms with Crippen LogP contribution in [0.3, 0.4) is 0 Å². The summed E-state index contributed by atoms with van der Waals surface area (Å²) in [4.78, 5) is 21.1. The number of nitrogens with zero attached hydrogens (tertiary/aromatic N) is 3. The van der Waals surface area contributed by atoms with Gasteiger partial charge in [0.05, 0.1) is 17.0 Å². The predicted molar refractivity (Wildman–Crippen MR) is 95.6 cm³/mol. The minimum atomic E-state index is -0.184. The number of rotatable bonds is 5. The van der Waals surface area contributed by atoms with Gasteiger partial charge < -0.3 is 19.3 Å². The second-order valence-corrected chi connectivity index (χ2v) is 6.18. The van der Waals surface area contributed by atoms with Crippen molar-refractivity contribution in [3.05, 3.63) is 53.2 Å². The third-order valence-corrected chi connectivity index (χ3v) is 4.16. The Morgan fingerprint density at radius 3 is 2.85 bits per heavy atom. The van der Waals surface area contributed by atoms with Crippen LogP contribution in [0.1, 0.15) is 27.6 Å². The maximum absolute atomic E-state index is 12.4.